The Morgan fingerprint density at radius 3 is 1.32 bits per heavy atom. The zero-order valence-corrected chi connectivity index (χ0v) is 16.4. The molecule has 4 aromatic rings. The Labute approximate surface area is 167 Å². The maximum Gasteiger partial charge on any atom is -0.00389 e. The second-order valence-corrected chi connectivity index (χ2v) is 7.28. The van der Waals surface area contributed by atoms with Gasteiger partial charge in [0.25, 0.3) is 0 Å². The molecule has 0 heteroatoms. The van der Waals surface area contributed by atoms with Gasteiger partial charge in [0.15, 0.2) is 0 Å². The lowest BCUT2D eigenvalue weighted by atomic mass is 9.97. The summed E-state index contributed by atoms with van der Waals surface area (Å²) in [5, 5.41) is 2.55. The first-order valence-electron chi connectivity index (χ1n) is 9.70. The monoisotopic (exact) mass is 360 g/mol. The summed E-state index contributed by atoms with van der Waals surface area (Å²) >= 11 is 0. The third-order valence-electron chi connectivity index (χ3n) is 5.03. The predicted molar refractivity (Wildman–Crippen MR) is 124 cm³/mol. The molecule has 0 amide bonds. The maximum atomic E-state index is 2.22. The lowest BCUT2D eigenvalue weighted by Gasteiger charge is -2.07. The molecule has 0 atom stereocenters. The van der Waals surface area contributed by atoms with E-state index in [0.29, 0.717) is 0 Å². The molecule has 0 aliphatic rings. The molecule has 0 aliphatic carbocycles. The Balaban J connectivity index is 1.73. The smallest absolute Gasteiger partial charge is 0.00389 e. The zero-order valence-electron chi connectivity index (χ0n) is 16.4. The van der Waals surface area contributed by atoms with Gasteiger partial charge in [-0.2, -0.15) is 0 Å². The molecule has 0 heterocycles. The standard InChI is InChI=1S/C28H24/c1-21-9-13-23(14-10-21)17-19-26-7-3-5-25-6-4-8-27(28(25)26)20-18-24-15-11-22(2)12-16-24/h3-20H,1-2H3/b19-17+,20-18+. The van der Waals surface area contributed by atoms with E-state index in [2.05, 4.69) is 123 Å². The van der Waals surface area contributed by atoms with Gasteiger partial charge in [-0.3, -0.25) is 0 Å². The first-order chi connectivity index (χ1) is 13.7. The van der Waals surface area contributed by atoms with Crippen LogP contribution in [-0.2, 0) is 0 Å². The zero-order chi connectivity index (χ0) is 19.3. The van der Waals surface area contributed by atoms with E-state index in [0.717, 1.165) is 0 Å². The van der Waals surface area contributed by atoms with Crippen molar-refractivity contribution in [3.05, 3.63) is 118 Å². The third kappa shape index (κ3) is 4.13. The van der Waals surface area contributed by atoms with E-state index in [-0.39, 0.29) is 0 Å². The first kappa shape index (κ1) is 18.0. The molecule has 0 spiro atoms. The lowest BCUT2D eigenvalue weighted by Crippen LogP contribution is -1.83. The van der Waals surface area contributed by atoms with Gasteiger partial charge in [0.05, 0.1) is 0 Å². The van der Waals surface area contributed by atoms with Crippen molar-refractivity contribution >= 4 is 35.1 Å². The van der Waals surface area contributed by atoms with Crippen molar-refractivity contribution in [2.45, 2.75) is 13.8 Å². The molecule has 0 aromatic heterocycles. The largest absolute Gasteiger partial charge is 0.0610 e. The highest BCUT2D eigenvalue weighted by atomic mass is 14.1. The molecule has 0 nitrogen and oxygen atoms in total. The first-order valence-corrected chi connectivity index (χ1v) is 9.70. The molecule has 0 radical (unpaired) electrons. The number of hydrogen-bond donors (Lipinski definition) is 0. The number of benzene rings is 4. The van der Waals surface area contributed by atoms with E-state index >= 15 is 0 Å². The quantitative estimate of drug-likeness (QED) is 0.326. The van der Waals surface area contributed by atoms with Crippen LogP contribution in [0.4, 0.5) is 0 Å². The van der Waals surface area contributed by atoms with Crippen LogP contribution in [0.3, 0.4) is 0 Å². The van der Waals surface area contributed by atoms with Crippen LogP contribution in [0.25, 0.3) is 35.1 Å². The lowest BCUT2D eigenvalue weighted by molar-refractivity contribution is 1.46. The maximum absolute atomic E-state index is 2.22. The van der Waals surface area contributed by atoms with Crippen molar-refractivity contribution in [3.63, 3.8) is 0 Å². The van der Waals surface area contributed by atoms with Gasteiger partial charge in [-0.25, -0.2) is 0 Å². The normalized spacial score (nSPS) is 11.6. The van der Waals surface area contributed by atoms with Crippen LogP contribution in [0, 0.1) is 13.8 Å². The number of hydrogen-bond acceptors (Lipinski definition) is 0. The second kappa shape index (κ2) is 8.10. The fourth-order valence-corrected chi connectivity index (χ4v) is 3.40. The van der Waals surface area contributed by atoms with Gasteiger partial charge in [0.2, 0.25) is 0 Å². The van der Waals surface area contributed by atoms with Gasteiger partial charge in [0, 0.05) is 0 Å². The molecular weight excluding hydrogens is 336 g/mol. The Hall–Kier alpha value is -3.38. The Kier molecular flexibility index (Phi) is 5.21. The van der Waals surface area contributed by atoms with Crippen LogP contribution >= 0.6 is 0 Å². The molecule has 0 aliphatic heterocycles. The van der Waals surface area contributed by atoms with Gasteiger partial charge in [-0.15, -0.1) is 0 Å². The summed E-state index contributed by atoms with van der Waals surface area (Å²) < 4.78 is 0. The highest BCUT2D eigenvalue weighted by molar-refractivity contribution is 5.99. The van der Waals surface area contributed by atoms with Crippen molar-refractivity contribution in [1.82, 2.24) is 0 Å². The van der Waals surface area contributed by atoms with Crippen LogP contribution < -0.4 is 0 Å². The molecule has 0 unspecified atom stereocenters. The number of aryl methyl sites for hydroxylation is 2. The van der Waals surface area contributed by atoms with Gasteiger partial charge < -0.3 is 0 Å². The Morgan fingerprint density at radius 1 is 0.464 bits per heavy atom. The van der Waals surface area contributed by atoms with E-state index in [1.807, 2.05) is 0 Å². The Bertz CT molecular complexity index is 1050. The molecule has 0 saturated carbocycles. The van der Waals surface area contributed by atoms with Crippen LogP contribution in [0.2, 0.25) is 0 Å². The minimum absolute atomic E-state index is 1.22. The van der Waals surface area contributed by atoms with E-state index in [1.165, 1.54) is 44.2 Å². The molecule has 4 rings (SSSR count). The van der Waals surface area contributed by atoms with Gasteiger partial charge in [0.1, 0.15) is 0 Å². The third-order valence-corrected chi connectivity index (χ3v) is 5.03. The summed E-state index contributed by atoms with van der Waals surface area (Å²) in [4.78, 5) is 0. The summed E-state index contributed by atoms with van der Waals surface area (Å²) in [5.74, 6) is 0. The van der Waals surface area contributed by atoms with Gasteiger partial charge in [-0.1, -0.05) is 120 Å². The van der Waals surface area contributed by atoms with Crippen molar-refractivity contribution in [2.24, 2.45) is 0 Å². The SMILES string of the molecule is Cc1ccc(/C=C/c2cccc3cccc(/C=C/c4ccc(C)cc4)c23)cc1. The predicted octanol–water partition coefficient (Wildman–Crippen LogP) is 7.80. The van der Waals surface area contributed by atoms with Crippen molar-refractivity contribution < 1.29 is 0 Å². The molecule has 4 aromatic carbocycles. The minimum atomic E-state index is 1.22. The minimum Gasteiger partial charge on any atom is -0.0610 e. The summed E-state index contributed by atoms with van der Waals surface area (Å²) in [6, 6.07) is 30.3. The topological polar surface area (TPSA) is 0 Å². The van der Waals surface area contributed by atoms with E-state index in [4.69, 9.17) is 0 Å². The average molecular weight is 361 g/mol. The highest BCUT2D eigenvalue weighted by Gasteiger charge is 2.02. The average Bonchev–Trinajstić information content (AvgIpc) is 2.73. The number of rotatable bonds is 4. The van der Waals surface area contributed by atoms with Crippen LogP contribution in [0.5, 0.6) is 0 Å². The molecular formula is C28H24. The summed E-state index contributed by atoms with van der Waals surface area (Å²) in [6.07, 6.45) is 8.82. The molecule has 0 saturated heterocycles. The molecule has 0 N–H and O–H groups in total. The summed E-state index contributed by atoms with van der Waals surface area (Å²) in [5.41, 5.74) is 7.48. The highest BCUT2D eigenvalue weighted by Crippen LogP contribution is 2.26. The van der Waals surface area contributed by atoms with Crippen LogP contribution in [0.1, 0.15) is 33.4 Å². The van der Waals surface area contributed by atoms with Crippen LogP contribution in [-0.4, -0.2) is 0 Å². The van der Waals surface area contributed by atoms with E-state index < -0.39 is 0 Å². The fraction of sp³-hybridized carbons (Fsp3) is 0.0714. The van der Waals surface area contributed by atoms with Crippen molar-refractivity contribution in [1.29, 1.82) is 0 Å². The summed E-state index contributed by atoms with van der Waals surface area (Å²) in [7, 11) is 0. The van der Waals surface area contributed by atoms with Crippen molar-refractivity contribution in [2.75, 3.05) is 0 Å². The number of fused-ring (bicyclic) bond motifs is 1. The van der Waals surface area contributed by atoms with Crippen LogP contribution in [0.15, 0.2) is 84.9 Å². The van der Waals surface area contributed by atoms with E-state index in [1.54, 1.807) is 0 Å². The molecule has 0 bridgehead atoms. The second-order valence-electron chi connectivity index (χ2n) is 7.28. The van der Waals surface area contributed by atoms with Gasteiger partial charge in [-0.05, 0) is 46.9 Å². The Morgan fingerprint density at radius 2 is 0.893 bits per heavy atom. The molecule has 136 valence electrons. The van der Waals surface area contributed by atoms with Gasteiger partial charge >= 0.3 is 0 Å². The van der Waals surface area contributed by atoms with E-state index in [9.17, 15) is 0 Å². The fourth-order valence-electron chi connectivity index (χ4n) is 3.40. The van der Waals surface area contributed by atoms with Crippen molar-refractivity contribution in [3.8, 4) is 0 Å². The molecule has 28 heavy (non-hydrogen) atoms. The summed E-state index contributed by atoms with van der Waals surface area (Å²) in [6.45, 7) is 4.23. The molecule has 0 fully saturated rings.